The molecule has 0 spiro atoms. The second-order valence-electron chi connectivity index (χ2n) is 7.18. The molecule has 134 valence electrons. The van der Waals surface area contributed by atoms with Gasteiger partial charge in [-0.15, -0.1) is 0 Å². The monoisotopic (exact) mass is 344 g/mol. The second kappa shape index (κ2) is 6.58. The summed E-state index contributed by atoms with van der Waals surface area (Å²) in [5.41, 5.74) is 0.768. The van der Waals surface area contributed by atoms with Gasteiger partial charge >= 0.3 is 0 Å². The van der Waals surface area contributed by atoms with Crippen LogP contribution in [0, 0.1) is 5.92 Å². The van der Waals surface area contributed by atoms with Crippen molar-refractivity contribution in [3.63, 3.8) is 0 Å². The Bertz CT molecular complexity index is 684. The Morgan fingerprint density at radius 2 is 1.92 bits per heavy atom. The lowest BCUT2D eigenvalue weighted by Crippen LogP contribution is -2.42. The summed E-state index contributed by atoms with van der Waals surface area (Å²) in [6.07, 6.45) is 6.08. The maximum atomic E-state index is 12.9. The molecule has 1 atom stereocenters. The highest BCUT2D eigenvalue weighted by molar-refractivity contribution is 6.00. The van der Waals surface area contributed by atoms with E-state index >= 15 is 0 Å². The molecule has 2 amide bonds. The predicted molar refractivity (Wildman–Crippen MR) is 92.7 cm³/mol. The molecule has 1 aromatic rings. The Hall–Kier alpha value is -2.24. The fourth-order valence-corrected chi connectivity index (χ4v) is 4.11. The number of benzene rings is 1. The number of fused-ring (bicyclic) bond motifs is 1. The molecule has 6 heteroatoms. The highest BCUT2D eigenvalue weighted by atomic mass is 16.7. The predicted octanol–water partition coefficient (Wildman–Crippen LogP) is 2.56. The molecular formula is C19H24N2O4. The zero-order valence-corrected chi connectivity index (χ0v) is 14.6. The van der Waals surface area contributed by atoms with Crippen molar-refractivity contribution in [3.8, 4) is 11.5 Å². The molecule has 2 aliphatic heterocycles. The van der Waals surface area contributed by atoms with Crippen molar-refractivity contribution in [3.05, 3.63) is 18.2 Å². The number of nitrogens with zero attached hydrogens (tertiary/aromatic N) is 2. The van der Waals surface area contributed by atoms with Gasteiger partial charge in [0.2, 0.25) is 18.6 Å². The number of ether oxygens (including phenoxy) is 2. The minimum absolute atomic E-state index is 0.00532. The van der Waals surface area contributed by atoms with E-state index in [9.17, 15) is 9.59 Å². The smallest absolute Gasteiger partial charge is 0.231 e. The third-order valence-corrected chi connectivity index (χ3v) is 5.61. The van der Waals surface area contributed by atoms with Gasteiger partial charge in [-0.05, 0) is 25.0 Å². The molecule has 6 nitrogen and oxygen atoms in total. The van der Waals surface area contributed by atoms with E-state index in [-0.39, 0.29) is 30.9 Å². The highest BCUT2D eigenvalue weighted by Gasteiger charge is 2.38. The van der Waals surface area contributed by atoms with E-state index in [1.165, 1.54) is 19.3 Å². The van der Waals surface area contributed by atoms with Crippen molar-refractivity contribution in [1.82, 2.24) is 4.90 Å². The summed E-state index contributed by atoms with van der Waals surface area (Å²) in [6, 6.07) is 5.81. The Balaban J connectivity index is 1.45. The molecule has 3 aliphatic rings. The Morgan fingerprint density at radius 3 is 2.72 bits per heavy atom. The molecule has 0 N–H and O–H groups in total. The van der Waals surface area contributed by atoms with Crippen molar-refractivity contribution in [2.24, 2.45) is 5.92 Å². The third kappa shape index (κ3) is 3.05. The number of hydrogen-bond donors (Lipinski definition) is 0. The Kier molecular flexibility index (Phi) is 4.27. The van der Waals surface area contributed by atoms with E-state index in [0.717, 1.165) is 18.5 Å². The summed E-state index contributed by atoms with van der Waals surface area (Å²) in [5.74, 6) is 1.18. The Labute approximate surface area is 147 Å². The summed E-state index contributed by atoms with van der Waals surface area (Å²) in [5, 5.41) is 0. The van der Waals surface area contributed by atoms with Gasteiger partial charge in [0, 0.05) is 37.8 Å². The van der Waals surface area contributed by atoms with E-state index < -0.39 is 0 Å². The van der Waals surface area contributed by atoms with Gasteiger partial charge in [0.1, 0.15) is 0 Å². The minimum atomic E-state index is -0.259. The van der Waals surface area contributed by atoms with Crippen molar-refractivity contribution in [2.75, 3.05) is 25.3 Å². The summed E-state index contributed by atoms with van der Waals surface area (Å²) < 4.78 is 10.7. The largest absolute Gasteiger partial charge is 0.454 e. The highest BCUT2D eigenvalue weighted by Crippen LogP contribution is 2.37. The standard InChI is InChI=1S/C19H24N2O4/c1-20(14-5-3-2-4-6-14)19(23)13-9-18(22)21(11-13)15-7-8-16-17(10-15)25-12-24-16/h7-8,10,13-14H,2-6,9,11-12H2,1H3/t13-/m0/s1. The minimum Gasteiger partial charge on any atom is -0.454 e. The lowest BCUT2D eigenvalue weighted by Gasteiger charge is -2.32. The van der Waals surface area contributed by atoms with E-state index in [1.54, 1.807) is 4.90 Å². The third-order valence-electron chi connectivity index (χ3n) is 5.61. The first-order valence-electron chi connectivity index (χ1n) is 9.10. The maximum Gasteiger partial charge on any atom is 0.231 e. The van der Waals surface area contributed by atoms with Gasteiger partial charge in [0.25, 0.3) is 0 Å². The van der Waals surface area contributed by atoms with Crippen LogP contribution in [0.25, 0.3) is 0 Å². The first-order valence-corrected chi connectivity index (χ1v) is 9.10. The molecule has 2 heterocycles. The molecule has 0 radical (unpaired) electrons. The molecule has 1 saturated heterocycles. The van der Waals surface area contributed by atoms with Crippen molar-refractivity contribution < 1.29 is 19.1 Å². The SMILES string of the molecule is CN(C(=O)[C@H]1CC(=O)N(c2ccc3c(c2)OCO3)C1)C1CCCCC1. The van der Waals surface area contributed by atoms with Gasteiger partial charge in [0.15, 0.2) is 11.5 Å². The van der Waals surface area contributed by atoms with E-state index in [4.69, 9.17) is 9.47 Å². The topological polar surface area (TPSA) is 59.1 Å². The van der Waals surface area contributed by atoms with E-state index in [0.29, 0.717) is 24.1 Å². The first-order chi connectivity index (χ1) is 12.1. The van der Waals surface area contributed by atoms with Crippen LogP contribution in [-0.4, -0.2) is 43.1 Å². The normalized spacial score (nSPS) is 23.2. The molecular weight excluding hydrogens is 320 g/mol. The Morgan fingerprint density at radius 1 is 1.16 bits per heavy atom. The van der Waals surface area contributed by atoms with Gasteiger partial charge in [-0.2, -0.15) is 0 Å². The molecule has 0 bridgehead atoms. The summed E-state index contributed by atoms with van der Waals surface area (Å²) in [7, 11) is 1.89. The maximum absolute atomic E-state index is 12.9. The van der Waals surface area contributed by atoms with Crippen LogP contribution < -0.4 is 14.4 Å². The number of carbonyl (C=O) groups is 2. The molecule has 4 rings (SSSR count). The molecule has 25 heavy (non-hydrogen) atoms. The fourth-order valence-electron chi connectivity index (χ4n) is 4.11. The lowest BCUT2D eigenvalue weighted by atomic mass is 9.93. The van der Waals surface area contributed by atoms with Gasteiger partial charge in [0.05, 0.1) is 5.92 Å². The van der Waals surface area contributed by atoms with Crippen LogP contribution in [0.4, 0.5) is 5.69 Å². The van der Waals surface area contributed by atoms with E-state index in [2.05, 4.69) is 0 Å². The first kappa shape index (κ1) is 16.2. The zero-order valence-electron chi connectivity index (χ0n) is 14.6. The summed E-state index contributed by atoms with van der Waals surface area (Å²) in [6.45, 7) is 0.647. The van der Waals surface area contributed by atoms with Crippen LogP contribution in [0.15, 0.2) is 18.2 Å². The quantitative estimate of drug-likeness (QED) is 0.846. The summed E-state index contributed by atoms with van der Waals surface area (Å²) >= 11 is 0. The van der Waals surface area contributed by atoms with Crippen molar-refractivity contribution in [1.29, 1.82) is 0 Å². The van der Waals surface area contributed by atoms with Crippen molar-refractivity contribution in [2.45, 2.75) is 44.6 Å². The number of anilines is 1. The molecule has 2 fully saturated rings. The van der Waals surface area contributed by atoms with Crippen LogP contribution in [0.3, 0.4) is 0 Å². The number of rotatable bonds is 3. The molecule has 0 aromatic heterocycles. The average molecular weight is 344 g/mol. The van der Waals surface area contributed by atoms with Crippen LogP contribution in [0.1, 0.15) is 38.5 Å². The fraction of sp³-hybridized carbons (Fsp3) is 0.579. The summed E-state index contributed by atoms with van der Waals surface area (Å²) in [4.78, 5) is 28.9. The molecule has 1 aromatic carbocycles. The van der Waals surface area contributed by atoms with Crippen LogP contribution >= 0.6 is 0 Å². The second-order valence-corrected chi connectivity index (χ2v) is 7.18. The van der Waals surface area contributed by atoms with Crippen LogP contribution in [0.2, 0.25) is 0 Å². The van der Waals surface area contributed by atoms with E-state index in [1.807, 2.05) is 30.1 Å². The number of hydrogen-bond acceptors (Lipinski definition) is 4. The number of amides is 2. The molecule has 0 unspecified atom stereocenters. The molecule has 1 aliphatic carbocycles. The van der Waals surface area contributed by atoms with Gasteiger partial charge in [-0.1, -0.05) is 19.3 Å². The number of carbonyl (C=O) groups excluding carboxylic acids is 2. The van der Waals surface area contributed by atoms with Gasteiger partial charge in [-0.3, -0.25) is 9.59 Å². The molecule has 1 saturated carbocycles. The van der Waals surface area contributed by atoms with Crippen LogP contribution in [-0.2, 0) is 9.59 Å². The van der Waals surface area contributed by atoms with Gasteiger partial charge in [-0.25, -0.2) is 0 Å². The zero-order chi connectivity index (χ0) is 17.4. The van der Waals surface area contributed by atoms with Crippen LogP contribution in [0.5, 0.6) is 11.5 Å². The van der Waals surface area contributed by atoms with Crippen molar-refractivity contribution >= 4 is 17.5 Å². The van der Waals surface area contributed by atoms with Gasteiger partial charge < -0.3 is 19.3 Å². The lowest BCUT2D eigenvalue weighted by molar-refractivity contribution is -0.137. The average Bonchev–Trinajstić information content (AvgIpc) is 3.26.